The molecular weight excluding hydrogens is 324 g/mol. The predicted octanol–water partition coefficient (Wildman–Crippen LogP) is 1.50. The lowest BCUT2D eigenvalue weighted by Crippen LogP contribution is -2.53. The van der Waals surface area contributed by atoms with Crippen LogP contribution in [0.3, 0.4) is 0 Å². The van der Waals surface area contributed by atoms with E-state index in [-0.39, 0.29) is 18.2 Å². The minimum absolute atomic E-state index is 0.203. The number of amides is 1. The molecule has 1 saturated heterocycles. The van der Waals surface area contributed by atoms with E-state index >= 15 is 0 Å². The second-order valence-corrected chi connectivity index (χ2v) is 7.90. The van der Waals surface area contributed by atoms with Crippen molar-refractivity contribution in [2.75, 3.05) is 19.7 Å². The number of hydrogen-bond donors (Lipinski definition) is 2. The lowest BCUT2D eigenvalue weighted by Gasteiger charge is -2.47. The van der Waals surface area contributed by atoms with Gasteiger partial charge in [-0.25, -0.2) is 0 Å². The summed E-state index contributed by atoms with van der Waals surface area (Å²) < 4.78 is 7.00. The van der Waals surface area contributed by atoms with Gasteiger partial charge in [0.05, 0.1) is 10.9 Å². The summed E-state index contributed by atoms with van der Waals surface area (Å²) in [6.07, 6.45) is 1.48. The van der Waals surface area contributed by atoms with E-state index in [1.165, 1.54) is 10.4 Å². The molecule has 1 aromatic rings. The van der Waals surface area contributed by atoms with Gasteiger partial charge in [0.2, 0.25) is 5.91 Å². The van der Waals surface area contributed by atoms with Crippen LogP contribution in [0.4, 0.5) is 0 Å². The van der Waals surface area contributed by atoms with E-state index in [0.29, 0.717) is 0 Å². The number of piperidine rings is 1. The molecule has 1 amide bonds. The van der Waals surface area contributed by atoms with E-state index in [4.69, 9.17) is 22.1 Å². The van der Waals surface area contributed by atoms with Gasteiger partial charge in [-0.3, -0.25) is 9.69 Å². The number of halogens is 1. The fraction of sp³-hybridized carbons (Fsp3) is 0.667. The Bertz CT molecular complexity index is 579. The standard InChI is InChI=1S/C15H21ClN2O3S/c1-9-7-15(3-4-18(9)8-11(19)14(17)20)13-10(2-5-21-15)6-12(16)22-13/h6,9,11,19H,2-5,7-8H2,1H3,(H2,17,20)/t9-,11?,15+/m0/s1. The van der Waals surface area contributed by atoms with Crippen LogP contribution in [0.1, 0.15) is 30.2 Å². The Morgan fingerprint density at radius 1 is 1.73 bits per heavy atom. The summed E-state index contributed by atoms with van der Waals surface area (Å²) in [4.78, 5) is 14.4. The summed E-state index contributed by atoms with van der Waals surface area (Å²) >= 11 is 7.81. The number of carbonyl (C=O) groups is 1. The van der Waals surface area contributed by atoms with Crippen LogP contribution in [0.25, 0.3) is 0 Å². The zero-order valence-corrected chi connectivity index (χ0v) is 14.1. The molecule has 3 rings (SSSR count). The average Bonchev–Trinajstić information content (AvgIpc) is 2.84. The van der Waals surface area contributed by atoms with Gasteiger partial charge in [-0.2, -0.15) is 0 Å². The van der Waals surface area contributed by atoms with Crippen LogP contribution in [0.15, 0.2) is 6.07 Å². The smallest absolute Gasteiger partial charge is 0.247 e. The molecule has 3 heterocycles. The number of nitrogens with zero attached hydrogens (tertiary/aromatic N) is 1. The molecule has 3 N–H and O–H groups in total. The molecule has 1 fully saturated rings. The maximum atomic E-state index is 11.0. The first-order valence-electron chi connectivity index (χ1n) is 7.55. The number of thiophene rings is 1. The Hall–Kier alpha value is -0.660. The van der Waals surface area contributed by atoms with Gasteiger partial charge in [-0.05, 0) is 37.8 Å². The van der Waals surface area contributed by atoms with Crippen molar-refractivity contribution in [3.8, 4) is 0 Å². The molecule has 1 aromatic heterocycles. The normalized spacial score (nSPS) is 30.2. The van der Waals surface area contributed by atoms with Crippen LogP contribution in [-0.2, 0) is 21.6 Å². The number of carbonyl (C=O) groups excluding carboxylic acids is 1. The first-order valence-corrected chi connectivity index (χ1v) is 8.75. The fourth-order valence-corrected chi connectivity index (χ4v) is 5.04. The Morgan fingerprint density at radius 2 is 2.50 bits per heavy atom. The van der Waals surface area contributed by atoms with Gasteiger partial charge in [0.15, 0.2) is 0 Å². The van der Waals surface area contributed by atoms with Gasteiger partial charge in [0, 0.05) is 24.0 Å². The summed E-state index contributed by atoms with van der Waals surface area (Å²) in [5.74, 6) is -0.672. The maximum absolute atomic E-state index is 11.0. The highest BCUT2D eigenvalue weighted by Gasteiger charge is 2.45. The molecule has 1 spiro atoms. The van der Waals surface area contributed by atoms with Crippen molar-refractivity contribution in [1.82, 2.24) is 4.90 Å². The minimum Gasteiger partial charge on any atom is -0.382 e. The highest BCUT2D eigenvalue weighted by molar-refractivity contribution is 7.16. The highest BCUT2D eigenvalue weighted by atomic mass is 35.5. The number of ether oxygens (including phenoxy) is 1. The molecule has 22 heavy (non-hydrogen) atoms. The third-order valence-corrected chi connectivity index (χ3v) is 6.22. The predicted molar refractivity (Wildman–Crippen MR) is 86.1 cm³/mol. The lowest BCUT2D eigenvalue weighted by atomic mass is 9.82. The number of aliphatic hydroxyl groups is 1. The van der Waals surface area contributed by atoms with Crippen LogP contribution >= 0.6 is 22.9 Å². The number of likely N-dealkylation sites (tertiary alicyclic amines) is 1. The Labute approximate surface area is 139 Å². The summed E-state index contributed by atoms with van der Waals surface area (Å²) in [6.45, 7) is 3.86. The molecule has 3 atom stereocenters. The topological polar surface area (TPSA) is 75.8 Å². The zero-order chi connectivity index (χ0) is 15.9. The van der Waals surface area contributed by atoms with Crippen molar-refractivity contribution < 1.29 is 14.6 Å². The molecule has 2 aliphatic rings. The molecule has 2 aliphatic heterocycles. The van der Waals surface area contributed by atoms with Crippen molar-refractivity contribution in [3.63, 3.8) is 0 Å². The molecule has 1 unspecified atom stereocenters. The van der Waals surface area contributed by atoms with Crippen LogP contribution in [0.2, 0.25) is 4.34 Å². The number of nitrogens with two attached hydrogens (primary N) is 1. The van der Waals surface area contributed by atoms with Crippen LogP contribution in [0.5, 0.6) is 0 Å². The van der Waals surface area contributed by atoms with Crippen molar-refractivity contribution in [2.45, 2.75) is 43.9 Å². The average molecular weight is 345 g/mol. The summed E-state index contributed by atoms with van der Waals surface area (Å²) in [5, 5.41) is 9.70. The number of β-amino-alcohol motifs (C(OH)–C–C–N with tert-alkyl or cyclic N) is 1. The van der Waals surface area contributed by atoms with Crippen LogP contribution in [0, 0.1) is 0 Å². The van der Waals surface area contributed by atoms with Gasteiger partial charge in [-0.1, -0.05) is 11.6 Å². The maximum Gasteiger partial charge on any atom is 0.247 e. The molecular formula is C15H21ClN2O3S. The molecule has 0 saturated carbocycles. The van der Waals surface area contributed by atoms with E-state index < -0.39 is 12.0 Å². The molecule has 7 heteroatoms. The van der Waals surface area contributed by atoms with Gasteiger partial charge in [0.1, 0.15) is 11.7 Å². The van der Waals surface area contributed by atoms with Crippen LogP contribution in [-0.4, -0.2) is 47.8 Å². The van der Waals surface area contributed by atoms with Crippen LogP contribution < -0.4 is 5.73 Å². The van der Waals surface area contributed by atoms with E-state index in [1.807, 2.05) is 0 Å². The summed E-state index contributed by atoms with van der Waals surface area (Å²) in [7, 11) is 0. The number of primary amides is 1. The van der Waals surface area contributed by atoms with Gasteiger partial charge in [-0.15, -0.1) is 11.3 Å². The van der Waals surface area contributed by atoms with Crippen molar-refractivity contribution >= 4 is 28.8 Å². The first kappa shape index (κ1) is 16.2. The fourth-order valence-electron chi connectivity index (χ4n) is 3.56. The van der Waals surface area contributed by atoms with Crippen molar-refractivity contribution in [1.29, 1.82) is 0 Å². The second-order valence-electron chi connectivity index (χ2n) is 6.21. The number of rotatable bonds is 3. The number of aliphatic hydroxyl groups excluding tert-OH is 1. The SMILES string of the molecule is C[C@H]1C[C@@]2(CCN1CC(O)C(N)=O)OCCc1cc(Cl)sc12. The molecule has 122 valence electrons. The molecule has 0 aliphatic carbocycles. The highest BCUT2D eigenvalue weighted by Crippen LogP contribution is 2.47. The quantitative estimate of drug-likeness (QED) is 0.871. The Balaban J connectivity index is 1.76. The first-order chi connectivity index (χ1) is 10.4. The minimum atomic E-state index is -1.12. The zero-order valence-electron chi connectivity index (χ0n) is 12.5. The van der Waals surface area contributed by atoms with E-state index in [0.717, 1.165) is 36.8 Å². The van der Waals surface area contributed by atoms with E-state index in [9.17, 15) is 9.90 Å². The van der Waals surface area contributed by atoms with E-state index in [1.54, 1.807) is 11.3 Å². The summed E-state index contributed by atoms with van der Waals surface area (Å²) in [5.41, 5.74) is 6.19. The molecule has 0 radical (unpaired) electrons. The third-order valence-electron chi connectivity index (χ3n) is 4.73. The number of hydrogen-bond acceptors (Lipinski definition) is 5. The van der Waals surface area contributed by atoms with Crippen molar-refractivity contribution in [2.24, 2.45) is 5.73 Å². The lowest BCUT2D eigenvalue weighted by molar-refractivity contribution is -0.131. The van der Waals surface area contributed by atoms with Gasteiger partial charge < -0.3 is 15.6 Å². The third kappa shape index (κ3) is 2.90. The monoisotopic (exact) mass is 344 g/mol. The molecule has 5 nitrogen and oxygen atoms in total. The molecule has 0 aromatic carbocycles. The Morgan fingerprint density at radius 3 is 3.18 bits per heavy atom. The number of fused-ring (bicyclic) bond motifs is 2. The Kier molecular flexibility index (Phi) is 4.49. The van der Waals surface area contributed by atoms with Gasteiger partial charge >= 0.3 is 0 Å². The molecule has 0 bridgehead atoms. The van der Waals surface area contributed by atoms with Gasteiger partial charge in [0.25, 0.3) is 0 Å². The van der Waals surface area contributed by atoms with E-state index in [2.05, 4.69) is 17.9 Å². The largest absolute Gasteiger partial charge is 0.382 e. The second kappa shape index (κ2) is 6.09. The summed E-state index contributed by atoms with van der Waals surface area (Å²) in [6, 6.07) is 2.26. The van der Waals surface area contributed by atoms with Crippen molar-refractivity contribution in [3.05, 3.63) is 20.8 Å².